The van der Waals surface area contributed by atoms with E-state index < -0.39 is 0 Å². The van der Waals surface area contributed by atoms with E-state index >= 15 is 0 Å². The van der Waals surface area contributed by atoms with Crippen molar-refractivity contribution in [3.8, 4) is 0 Å². The summed E-state index contributed by atoms with van der Waals surface area (Å²) in [6.07, 6.45) is 5.01. The lowest BCUT2D eigenvalue weighted by Crippen LogP contribution is -2.11. The van der Waals surface area contributed by atoms with E-state index in [0.29, 0.717) is 13.1 Å². The van der Waals surface area contributed by atoms with Crippen LogP contribution in [-0.2, 0) is 9.59 Å². The third kappa shape index (κ3) is 5.52. The van der Waals surface area contributed by atoms with E-state index in [1.165, 1.54) is 24.3 Å². The minimum Gasteiger partial charge on any atom is -0.329 e. The Balaban J connectivity index is 0.000000261. The molecule has 4 N–H and O–H groups in total. The molecule has 0 aliphatic heterocycles. The van der Waals surface area contributed by atoms with E-state index in [2.05, 4.69) is 0 Å². The summed E-state index contributed by atoms with van der Waals surface area (Å²) in [5.41, 5.74) is 9.81. The van der Waals surface area contributed by atoms with E-state index in [0.717, 1.165) is 0 Å². The first kappa shape index (κ1) is 10.7. The molecule has 4 nitrogen and oxygen atoms in total. The van der Waals surface area contributed by atoms with Gasteiger partial charge in [0.1, 0.15) is 0 Å². The van der Waals surface area contributed by atoms with Crippen LogP contribution in [0.3, 0.4) is 0 Å². The highest BCUT2D eigenvalue weighted by Gasteiger charge is 1.97. The molecule has 0 spiro atoms. The van der Waals surface area contributed by atoms with Gasteiger partial charge >= 0.3 is 0 Å². The summed E-state index contributed by atoms with van der Waals surface area (Å²) in [5, 5.41) is 0. The van der Waals surface area contributed by atoms with Crippen LogP contribution in [0.25, 0.3) is 0 Å². The van der Waals surface area contributed by atoms with Crippen molar-refractivity contribution < 1.29 is 9.59 Å². The van der Waals surface area contributed by atoms with Gasteiger partial charge in [-0.1, -0.05) is 0 Å². The summed E-state index contributed by atoms with van der Waals surface area (Å²) in [6, 6.07) is 0. The lowest BCUT2D eigenvalue weighted by molar-refractivity contribution is -0.113. The highest BCUT2D eigenvalue weighted by molar-refractivity contribution is 6.14. The van der Waals surface area contributed by atoms with Crippen molar-refractivity contribution >= 4 is 11.6 Å². The predicted molar refractivity (Wildman–Crippen MR) is 46.4 cm³/mol. The van der Waals surface area contributed by atoms with Crippen molar-refractivity contribution in [2.75, 3.05) is 13.1 Å². The van der Waals surface area contributed by atoms with Gasteiger partial charge in [0.15, 0.2) is 11.6 Å². The van der Waals surface area contributed by atoms with Crippen LogP contribution in [0.4, 0.5) is 0 Å². The van der Waals surface area contributed by atoms with Crippen molar-refractivity contribution in [2.45, 2.75) is 0 Å². The molecule has 0 unspecified atom stereocenters. The lowest BCUT2D eigenvalue weighted by Gasteiger charge is -1.87. The minimum atomic E-state index is -0.121. The number of allylic oxidation sites excluding steroid dienone is 4. The maximum atomic E-state index is 10.3. The van der Waals surface area contributed by atoms with Gasteiger partial charge in [-0.3, -0.25) is 9.59 Å². The zero-order valence-electron chi connectivity index (χ0n) is 6.69. The van der Waals surface area contributed by atoms with Crippen molar-refractivity contribution in [1.82, 2.24) is 0 Å². The zero-order valence-corrected chi connectivity index (χ0v) is 6.69. The van der Waals surface area contributed by atoms with Crippen LogP contribution in [0.15, 0.2) is 24.3 Å². The van der Waals surface area contributed by atoms with E-state index in [-0.39, 0.29) is 11.6 Å². The van der Waals surface area contributed by atoms with E-state index in [4.69, 9.17) is 11.5 Å². The molecule has 0 saturated carbocycles. The van der Waals surface area contributed by atoms with Crippen LogP contribution >= 0.6 is 0 Å². The summed E-state index contributed by atoms with van der Waals surface area (Å²) < 4.78 is 0. The van der Waals surface area contributed by atoms with Gasteiger partial charge in [0.2, 0.25) is 0 Å². The highest BCUT2D eigenvalue weighted by atomic mass is 16.1. The number of carbonyl (C=O) groups is 2. The van der Waals surface area contributed by atoms with Crippen LogP contribution < -0.4 is 11.5 Å². The molecular formula is C8H12N2O2. The first-order chi connectivity index (χ1) is 5.70. The van der Waals surface area contributed by atoms with Crippen molar-refractivity contribution in [2.24, 2.45) is 11.5 Å². The third-order valence-electron chi connectivity index (χ3n) is 0.990. The van der Waals surface area contributed by atoms with Gasteiger partial charge in [0.05, 0.1) is 0 Å². The lowest BCUT2D eigenvalue weighted by atomic mass is 10.2. The number of hydrogen-bond donors (Lipinski definition) is 2. The second kappa shape index (κ2) is 6.45. The molecule has 0 aromatic heterocycles. The van der Waals surface area contributed by atoms with Crippen molar-refractivity contribution in [1.29, 1.82) is 0 Å². The Morgan fingerprint density at radius 3 is 1.25 bits per heavy atom. The maximum absolute atomic E-state index is 10.3. The third-order valence-corrected chi connectivity index (χ3v) is 0.990. The molecule has 0 amide bonds. The smallest absolute Gasteiger partial charge is 0.178 e. The maximum Gasteiger partial charge on any atom is 0.178 e. The standard InChI is InChI=1S/C6H4O2.C2H8N2/c7-5-1-2-6(8)4-3-5;3-1-2-4/h1-4H;1-4H2. The van der Waals surface area contributed by atoms with Crippen LogP contribution in [0, 0.1) is 0 Å². The van der Waals surface area contributed by atoms with E-state index in [1.807, 2.05) is 0 Å². The number of rotatable bonds is 1. The SMILES string of the molecule is NCCN.O=C1C=CC(=O)C=C1. The molecule has 1 aliphatic carbocycles. The van der Waals surface area contributed by atoms with Gasteiger partial charge in [-0.2, -0.15) is 0 Å². The first-order valence-electron chi connectivity index (χ1n) is 3.55. The molecule has 1 rings (SSSR count). The number of nitrogens with two attached hydrogens (primary N) is 2. The van der Waals surface area contributed by atoms with Gasteiger partial charge in [0, 0.05) is 13.1 Å². The monoisotopic (exact) mass is 168 g/mol. The molecule has 0 fully saturated rings. The molecule has 66 valence electrons. The number of ketones is 2. The fraction of sp³-hybridized carbons (Fsp3) is 0.250. The molecule has 0 atom stereocenters. The van der Waals surface area contributed by atoms with Gasteiger partial charge in [0.25, 0.3) is 0 Å². The minimum absolute atomic E-state index is 0.121. The predicted octanol–water partition coefficient (Wildman–Crippen LogP) is -0.846. The topological polar surface area (TPSA) is 86.2 Å². The normalized spacial score (nSPS) is 14.2. The fourth-order valence-electron chi connectivity index (χ4n) is 0.440. The Labute approximate surface area is 70.9 Å². The van der Waals surface area contributed by atoms with Gasteiger partial charge in [-0.15, -0.1) is 0 Å². The van der Waals surface area contributed by atoms with E-state index in [9.17, 15) is 9.59 Å². The second-order valence-corrected chi connectivity index (χ2v) is 2.05. The molecule has 0 saturated heterocycles. The summed E-state index contributed by atoms with van der Waals surface area (Å²) in [7, 11) is 0. The summed E-state index contributed by atoms with van der Waals surface area (Å²) in [4.78, 5) is 20.6. The van der Waals surface area contributed by atoms with Crippen molar-refractivity contribution in [3.05, 3.63) is 24.3 Å². The molecular weight excluding hydrogens is 156 g/mol. The quantitative estimate of drug-likeness (QED) is 0.499. The summed E-state index contributed by atoms with van der Waals surface area (Å²) in [5.74, 6) is -0.241. The van der Waals surface area contributed by atoms with Gasteiger partial charge < -0.3 is 11.5 Å². The van der Waals surface area contributed by atoms with Gasteiger partial charge in [-0.05, 0) is 24.3 Å². The molecule has 0 bridgehead atoms. The highest BCUT2D eigenvalue weighted by Crippen LogP contribution is 1.90. The molecule has 0 heterocycles. The first-order valence-corrected chi connectivity index (χ1v) is 3.55. The molecule has 0 aromatic rings. The number of carbonyl (C=O) groups excluding carboxylic acids is 2. The Hall–Kier alpha value is -1.26. The zero-order chi connectivity index (χ0) is 9.40. The van der Waals surface area contributed by atoms with Gasteiger partial charge in [-0.25, -0.2) is 0 Å². The Morgan fingerprint density at radius 2 is 1.08 bits per heavy atom. The second-order valence-electron chi connectivity index (χ2n) is 2.05. The Bertz CT molecular complexity index is 179. The van der Waals surface area contributed by atoms with Crippen LogP contribution in [0.1, 0.15) is 0 Å². The fourth-order valence-corrected chi connectivity index (χ4v) is 0.440. The average Bonchev–Trinajstić information content (AvgIpc) is 2.11. The van der Waals surface area contributed by atoms with E-state index in [1.54, 1.807) is 0 Å². The molecule has 0 radical (unpaired) electrons. The van der Waals surface area contributed by atoms with Crippen molar-refractivity contribution in [3.63, 3.8) is 0 Å². The molecule has 0 aromatic carbocycles. The van der Waals surface area contributed by atoms with Crippen LogP contribution in [0.2, 0.25) is 0 Å². The summed E-state index contributed by atoms with van der Waals surface area (Å²) in [6.45, 7) is 1.19. The molecule has 1 aliphatic rings. The summed E-state index contributed by atoms with van der Waals surface area (Å²) >= 11 is 0. The Kier molecular flexibility index (Phi) is 5.77. The average molecular weight is 168 g/mol. The molecule has 12 heavy (non-hydrogen) atoms. The van der Waals surface area contributed by atoms with Crippen LogP contribution in [-0.4, -0.2) is 24.7 Å². The largest absolute Gasteiger partial charge is 0.329 e. The number of hydrogen-bond acceptors (Lipinski definition) is 4. The van der Waals surface area contributed by atoms with Crippen LogP contribution in [0.5, 0.6) is 0 Å². The Morgan fingerprint density at radius 1 is 0.833 bits per heavy atom. The molecule has 4 heteroatoms.